The second-order valence-electron chi connectivity index (χ2n) is 3.90. The lowest BCUT2D eigenvalue weighted by atomic mass is 10.5. The number of carbonyl (C=O) groups is 1. The fourth-order valence-corrected chi connectivity index (χ4v) is 1.11. The molecule has 0 aliphatic heterocycles. The normalized spacial score (nSPS) is 10.4. The van der Waals surface area contributed by atoms with Gasteiger partial charge in [-0.2, -0.15) is 0 Å². The van der Waals surface area contributed by atoms with E-state index in [9.17, 15) is 4.79 Å². The Labute approximate surface area is 101 Å². The second-order valence-corrected chi connectivity index (χ2v) is 3.90. The number of anilines is 1. The predicted octanol–water partition coefficient (Wildman–Crippen LogP) is -0.296. The minimum Gasteiger partial charge on any atom is -0.407 e. The van der Waals surface area contributed by atoms with Gasteiger partial charge < -0.3 is 19.5 Å². The third kappa shape index (κ3) is 4.03. The number of nitrogens with one attached hydrogen (secondary N) is 1. The number of hydrogen-bond donors (Lipinski definition) is 1. The van der Waals surface area contributed by atoms with Crippen molar-refractivity contribution in [2.75, 3.05) is 39.1 Å². The molecule has 0 unspecified atom stereocenters. The van der Waals surface area contributed by atoms with E-state index in [0.717, 1.165) is 6.54 Å². The first-order valence-electron chi connectivity index (χ1n) is 5.49. The molecule has 0 fully saturated rings. The van der Waals surface area contributed by atoms with Crippen LogP contribution in [0.2, 0.25) is 0 Å². The summed E-state index contributed by atoms with van der Waals surface area (Å²) in [5.41, 5.74) is 0. The van der Waals surface area contributed by atoms with Crippen LogP contribution in [0.25, 0.3) is 0 Å². The van der Waals surface area contributed by atoms with Crippen LogP contribution in [0.4, 0.5) is 6.01 Å². The molecule has 7 nitrogen and oxygen atoms in total. The summed E-state index contributed by atoms with van der Waals surface area (Å²) in [6.45, 7) is 3.60. The number of rotatable bonds is 6. The summed E-state index contributed by atoms with van der Waals surface area (Å²) in [6, 6.07) is 0.355. The van der Waals surface area contributed by atoms with E-state index in [1.807, 2.05) is 6.92 Å². The summed E-state index contributed by atoms with van der Waals surface area (Å²) >= 11 is 0. The van der Waals surface area contributed by atoms with Crippen LogP contribution in [0.1, 0.15) is 12.8 Å². The van der Waals surface area contributed by atoms with Crippen LogP contribution in [0.5, 0.6) is 0 Å². The molecule has 0 saturated heterocycles. The molecule has 1 aromatic heterocycles. The molecular formula is C10H19N5O2. The van der Waals surface area contributed by atoms with E-state index in [-0.39, 0.29) is 12.5 Å². The highest BCUT2D eigenvalue weighted by Gasteiger charge is 2.14. The van der Waals surface area contributed by atoms with Crippen molar-refractivity contribution in [3.8, 4) is 0 Å². The molecule has 7 heteroatoms. The van der Waals surface area contributed by atoms with Crippen LogP contribution in [0.3, 0.4) is 0 Å². The van der Waals surface area contributed by atoms with Crippen LogP contribution in [-0.4, -0.2) is 55.2 Å². The monoisotopic (exact) mass is 241 g/mol. The molecule has 17 heavy (non-hydrogen) atoms. The second kappa shape index (κ2) is 6.19. The van der Waals surface area contributed by atoms with Crippen molar-refractivity contribution in [2.24, 2.45) is 0 Å². The summed E-state index contributed by atoms with van der Waals surface area (Å²) in [7, 11) is 5.16. The van der Waals surface area contributed by atoms with Crippen molar-refractivity contribution in [2.45, 2.75) is 13.5 Å². The van der Waals surface area contributed by atoms with Crippen LogP contribution < -0.4 is 10.2 Å². The van der Waals surface area contributed by atoms with Crippen molar-refractivity contribution < 1.29 is 9.21 Å². The smallest absolute Gasteiger partial charge is 0.318 e. The van der Waals surface area contributed by atoms with Crippen molar-refractivity contribution in [3.05, 3.63) is 5.89 Å². The molecule has 96 valence electrons. The summed E-state index contributed by atoms with van der Waals surface area (Å²) in [5.74, 6) is 0.505. The number of amides is 1. The van der Waals surface area contributed by atoms with Gasteiger partial charge in [0.05, 0.1) is 6.54 Å². The fraction of sp³-hybridized carbons (Fsp3) is 0.700. The van der Waals surface area contributed by atoms with Gasteiger partial charge in [0.1, 0.15) is 6.54 Å². The molecule has 0 atom stereocenters. The van der Waals surface area contributed by atoms with Gasteiger partial charge in [-0.3, -0.25) is 4.79 Å². The van der Waals surface area contributed by atoms with Gasteiger partial charge in [0.2, 0.25) is 11.8 Å². The van der Waals surface area contributed by atoms with Crippen molar-refractivity contribution >= 4 is 11.9 Å². The zero-order chi connectivity index (χ0) is 12.8. The van der Waals surface area contributed by atoms with Crippen molar-refractivity contribution in [3.63, 3.8) is 0 Å². The van der Waals surface area contributed by atoms with Crippen LogP contribution in [0, 0.1) is 0 Å². The molecule has 0 saturated carbocycles. The van der Waals surface area contributed by atoms with Gasteiger partial charge in [-0.15, -0.1) is 5.10 Å². The maximum absolute atomic E-state index is 11.5. The first kappa shape index (κ1) is 13.4. The Hall–Kier alpha value is -1.63. The van der Waals surface area contributed by atoms with Gasteiger partial charge in [-0.05, 0) is 6.54 Å². The van der Waals surface area contributed by atoms with E-state index in [1.54, 1.807) is 26.0 Å². The Kier molecular flexibility index (Phi) is 4.89. The maximum atomic E-state index is 11.5. The van der Waals surface area contributed by atoms with Crippen molar-refractivity contribution in [1.82, 2.24) is 20.4 Å². The third-order valence-corrected chi connectivity index (χ3v) is 2.18. The first-order chi connectivity index (χ1) is 8.04. The minimum absolute atomic E-state index is 0.0149. The Morgan fingerprint density at radius 1 is 1.35 bits per heavy atom. The maximum Gasteiger partial charge on any atom is 0.318 e. The third-order valence-electron chi connectivity index (χ3n) is 2.18. The molecule has 0 bridgehead atoms. The van der Waals surface area contributed by atoms with E-state index in [0.29, 0.717) is 18.5 Å². The Bertz CT molecular complexity index is 363. The quantitative estimate of drug-likeness (QED) is 0.737. The van der Waals surface area contributed by atoms with Gasteiger partial charge in [0.15, 0.2) is 0 Å². The van der Waals surface area contributed by atoms with Crippen molar-refractivity contribution in [1.29, 1.82) is 0 Å². The molecule has 1 N–H and O–H groups in total. The van der Waals surface area contributed by atoms with Crippen LogP contribution >= 0.6 is 0 Å². The fourth-order valence-electron chi connectivity index (χ4n) is 1.11. The van der Waals surface area contributed by atoms with E-state index in [2.05, 4.69) is 15.5 Å². The van der Waals surface area contributed by atoms with Gasteiger partial charge in [-0.25, -0.2) is 0 Å². The lowest BCUT2D eigenvalue weighted by Gasteiger charge is -2.16. The highest BCUT2D eigenvalue weighted by atomic mass is 16.4. The number of likely N-dealkylation sites (N-methyl/N-ethyl adjacent to an activating group) is 2. The molecule has 0 radical (unpaired) electrons. The molecule has 0 aromatic carbocycles. The minimum atomic E-state index is -0.0149. The predicted molar refractivity (Wildman–Crippen MR) is 63.6 cm³/mol. The summed E-state index contributed by atoms with van der Waals surface area (Å²) in [4.78, 5) is 14.6. The largest absolute Gasteiger partial charge is 0.407 e. The molecular weight excluding hydrogens is 222 g/mol. The summed E-state index contributed by atoms with van der Waals surface area (Å²) in [5, 5.41) is 10.8. The summed E-state index contributed by atoms with van der Waals surface area (Å²) in [6.07, 6.45) is 0. The zero-order valence-electron chi connectivity index (χ0n) is 10.7. The van der Waals surface area contributed by atoms with Gasteiger partial charge >= 0.3 is 6.01 Å². The van der Waals surface area contributed by atoms with Crippen LogP contribution in [-0.2, 0) is 11.3 Å². The number of hydrogen-bond acceptors (Lipinski definition) is 6. The Balaban J connectivity index is 2.54. The molecule has 1 amide bonds. The Morgan fingerprint density at radius 2 is 2.06 bits per heavy atom. The molecule has 0 spiro atoms. The van der Waals surface area contributed by atoms with Gasteiger partial charge in [0.25, 0.3) is 0 Å². The molecule has 1 rings (SSSR count). The SMILES string of the molecule is CCNCc1nnc(N(C)CC(=O)N(C)C)o1. The highest BCUT2D eigenvalue weighted by molar-refractivity contribution is 5.80. The van der Waals surface area contributed by atoms with E-state index < -0.39 is 0 Å². The number of nitrogens with zero attached hydrogens (tertiary/aromatic N) is 4. The number of aromatic nitrogens is 2. The molecule has 1 aromatic rings. The van der Waals surface area contributed by atoms with E-state index >= 15 is 0 Å². The summed E-state index contributed by atoms with van der Waals surface area (Å²) < 4.78 is 5.40. The molecule has 0 aliphatic rings. The lowest BCUT2D eigenvalue weighted by Crippen LogP contribution is -2.34. The van der Waals surface area contributed by atoms with Gasteiger partial charge in [-0.1, -0.05) is 12.0 Å². The van der Waals surface area contributed by atoms with E-state index in [1.165, 1.54) is 4.90 Å². The first-order valence-corrected chi connectivity index (χ1v) is 5.49. The molecule has 0 aliphatic carbocycles. The average molecular weight is 241 g/mol. The number of carbonyl (C=O) groups excluding carboxylic acids is 1. The Morgan fingerprint density at radius 3 is 2.65 bits per heavy atom. The van der Waals surface area contributed by atoms with E-state index in [4.69, 9.17) is 4.42 Å². The lowest BCUT2D eigenvalue weighted by molar-refractivity contribution is -0.127. The average Bonchev–Trinajstić information content (AvgIpc) is 2.74. The highest BCUT2D eigenvalue weighted by Crippen LogP contribution is 2.09. The van der Waals surface area contributed by atoms with Gasteiger partial charge in [0, 0.05) is 21.1 Å². The zero-order valence-corrected chi connectivity index (χ0v) is 10.7. The van der Waals surface area contributed by atoms with Crippen LogP contribution in [0.15, 0.2) is 4.42 Å². The molecule has 1 heterocycles. The topological polar surface area (TPSA) is 74.5 Å². The standard InChI is InChI=1S/C10H19N5O2/c1-5-11-6-8-12-13-10(17-8)15(4)7-9(16)14(2)3/h11H,5-7H2,1-4H3.